The first-order valence-corrected chi connectivity index (χ1v) is 10.8. The number of benzene rings is 2. The van der Waals surface area contributed by atoms with E-state index < -0.39 is 0 Å². The van der Waals surface area contributed by atoms with Gasteiger partial charge in [0.2, 0.25) is 5.16 Å². The molecule has 0 saturated heterocycles. The van der Waals surface area contributed by atoms with Gasteiger partial charge in [0.1, 0.15) is 0 Å². The second kappa shape index (κ2) is 11.0. The number of hydrogen-bond donors (Lipinski definition) is 1. The molecule has 3 rings (SSSR count). The summed E-state index contributed by atoms with van der Waals surface area (Å²) in [6.07, 6.45) is 0. The van der Waals surface area contributed by atoms with Gasteiger partial charge in [-0.2, -0.15) is 4.68 Å². The summed E-state index contributed by atoms with van der Waals surface area (Å²) >= 11 is 8.00. The number of ether oxygens (including phenoxy) is 2. The van der Waals surface area contributed by atoms with Crippen LogP contribution in [0.1, 0.15) is 19.4 Å². The standard InChI is InChI=1S/C20H24ClN5O2S/c1-3-27-18-12-15(17(21)13-19(18)28-4-2)14-22-10-11-29-20-23-24-25-26(20)16-8-6-5-7-9-16/h5-9,12-13,22H,3-4,10-11,14H2,1-2H3. The van der Waals surface area contributed by atoms with E-state index in [1.165, 1.54) is 0 Å². The van der Waals surface area contributed by atoms with Gasteiger partial charge in [-0.15, -0.1) is 5.10 Å². The van der Waals surface area contributed by atoms with Crippen LogP contribution in [0.2, 0.25) is 5.02 Å². The van der Waals surface area contributed by atoms with Gasteiger partial charge < -0.3 is 14.8 Å². The Morgan fingerprint density at radius 1 is 1.07 bits per heavy atom. The molecule has 0 bridgehead atoms. The molecule has 0 saturated carbocycles. The summed E-state index contributed by atoms with van der Waals surface area (Å²) in [6.45, 7) is 6.43. The van der Waals surface area contributed by atoms with Gasteiger partial charge >= 0.3 is 0 Å². The van der Waals surface area contributed by atoms with Crippen molar-refractivity contribution in [3.05, 3.63) is 53.1 Å². The number of halogens is 1. The Bertz CT molecular complexity index is 907. The number of nitrogens with zero attached hydrogens (tertiary/aromatic N) is 4. The first-order chi connectivity index (χ1) is 14.2. The van der Waals surface area contributed by atoms with Crippen molar-refractivity contribution < 1.29 is 9.47 Å². The van der Waals surface area contributed by atoms with E-state index in [1.807, 2.05) is 56.3 Å². The Morgan fingerprint density at radius 3 is 2.52 bits per heavy atom. The van der Waals surface area contributed by atoms with E-state index in [4.69, 9.17) is 21.1 Å². The van der Waals surface area contributed by atoms with Crippen LogP contribution >= 0.6 is 23.4 Å². The first kappa shape index (κ1) is 21.4. The van der Waals surface area contributed by atoms with E-state index in [0.29, 0.717) is 36.3 Å². The Kier molecular flexibility index (Phi) is 8.15. The lowest BCUT2D eigenvalue weighted by Gasteiger charge is -2.14. The molecule has 3 aromatic rings. The average Bonchev–Trinajstić information content (AvgIpc) is 3.20. The number of hydrogen-bond acceptors (Lipinski definition) is 7. The van der Waals surface area contributed by atoms with Gasteiger partial charge in [0.15, 0.2) is 11.5 Å². The molecule has 1 N–H and O–H groups in total. The number of aromatic nitrogens is 4. The molecule has 0 spiro atoms. The monoisotopic (exact) mass is 433 g/mol. The molecule has 9 heteroatoms. The minimum atomic E-state index is 0.563. The van der Waals surface area contributed by atoms with Crippen LogP contribution < -0.4 is 14.8 Å². The molecule has 0 aliphatic rings. The highest BCUT2D eigenvalue weighted by Gasteiger charge is 2.11. The van der Waals surface area contributed by atoms with Crippen molar-refractivity contribution in [2.24, 2.45) is 0 Å². The maximum Gasteiger partial charge on any atom is 0.214 e. The Labute approximate surface area is 179 Å². The number of para-hydroxylation sites is 1. The molecule has 0 aliphatic heterocycles. The molecule has 29 heavy (non-hydrogen) atoms. The van der Waals surface area contributed by atoms with E-state index in [2.05, 4.69) is 20.8 Å². The highest BCUT2D eigenvalue weighted by atomic mass is 35.5. The van der Waals surface area contributed by atoms with Crippen LogP contribution in [0, 0.1) is 0 Å². The fourth-order valence-corrected chi connectivity index (χ4v) is 3.69. The smallest absolute Gasteiger partial charge is 0.214 e. The van der Waals surface area contributed by atoms with Crippen LogP contribution in [-0.4, -0.2) is 45.7 Å². The SMILES string of the molecule is CCOc1cc(Cl)c(CNCCSc2nnnn2-c2ccccc2)cc1OCC. The summed E-state index contributed by atoms with van der Waals surface area (Å²) in [5.41, 5.74) is 1.91. The van der Waals surface area contributed by atoms with Gasteiger partial charge in [0.05, 0.1) is 18.9 Å². The van der Waals surface area contributed by atoms with Crippen molar-refractivity contribution in [2.75, 3.05) is 25.5 Å². The maximum atomic E-state index is 6.41. The number of thioether (sulfide) groups is 1. The third kappa shape index (κ3) is 5.85. The number of nitrogens with one attached hydrogen (secondary N) is 1. The van der Waals surface area contributed by atoms with Gasteiger partial charge in [-0.1, -0.05) is 41.6 Å². The lowest BCUT2D eigenvalue weighted by molar-refractivity contribution is 0.287. The van der Waals surface area contributed by atoms with Crippen molar-refractivity contribution >= 4 is 23.4 Å². The normalized spacial score (nSPS) is 10.9. The van der Waals surface area contributed by atoms with Gasteiger partial charge in [0, 0.05) is 29.9 Å². The molecule has 0 radical (unpaired) electrons. The summed E-state index contributed by atoms with van der Waals surface area (Å²) in [5.74, 6) is 2.21. The second-order valence-corrected chi connectivity index (χ2v) is 7.46. The molecule has 0 atom stereocenters. The minimum absolute atomic E-state index is 0.563. The van der Waals surface area contributed by atoms with Gasteiger partial charge in [-0.05, 0) is 48.0 Å². The van der Waals surface area contributed by atoms with Crippen LogP contribution in [0.3, 0.4) is 0 Å². The summed E-state index contributed by atoms with van der Waals surface area (Å²) in [6, 6.07) is 13.6. The molecule has 0 fully saturated rings. The third-order valence-corrected chi connectivity index (χ3v) is 5.25. The molecule has 0 aliphatic carbocycles. The van der Waals surface area contributed by atoms with Crippen LogP contribution in [0.15, 0.2) is 47.6 Å². The first-order valence-electron chi connectivity index (χ1n) is 9.48. The van der Waals surface area contributed by atoms with E-state index in [9.17, 15) is 0 Å². The van der Waals surface area contributed by atoms with E-state index in [0.717, 1.165) is 28.7 Å². The second-order valence-electron chi connectivity index (χ2n) is 5.99. The molecular formula is C20H24ClN5O2S. The predicted octanol–water partition coefficient (Wildman–Crippen LogP) is 4.00. The number of rotatable bonds is 11. The van der Waals surface area contributed by atoms with Crippen LogP contribution in [0.5, 0.6) is 11.5 Å². The van der Waals surface area contributed by atoms with Crippen LogP contribution in [0.25, 0.3) is 5.69 Å². The Balaban J connectivity index is 1.53. The van der Waals surface area contributed by atoms with E-state index in [-0.39, 0.29) is 0 Å². The maximum absolute atomic E-state index is 6.41. The minimum Gasteiger partial charge on any atom is -0.490 e. The highest BCUT2D eigenvalue weighted by molar-refractivity contribution is 7.99. The fraction of sp³-hybridized carbons (Fsp3) is 0.350. The van der Waals surface area contributed by atoms with Crippen LogP contribution in [0.4, 0.5) is 0 Å². The third-order valence-electron chi connectivity index (χ3n) is 3.98. The van der Waals surface area contributed by atoms with Crippen LogP contribution in [-0.2, 0) is 6.54 Å². The topological polar surface area (TPSA) is 74.1 Å². The largest absolute Gasteiger partial charge is 0.490 e. The van der Waals surface area contributed by atoms with E-state index >= 15 is 0 Å². The lowest BCUT2D eigenvalue weighted by atomic mass is 10.2. The Hall–Kier alpha value is -2.29. The average molecular weight is 434 g/mol. The molecule has 0 amide bonds. The summed E-state index contributed by atoms with van der Waals surface area (Å²) in [4.78, 5) is 0. The molecular weight excluding hydrogens is 410 g/mol. The highest BCUT2D eigenvalue weighted by Crippen LogP contribution is 2.33. The molecule has 0 unspecified atom stereocenters. The van der Waals surface area contributed by atoms with E-state index in [1.54, 1.807) is 16.4 Å². The molecule has 1 aromatic heterocycles. The van der Waals surface area contributed by atoms with Crippen molar-refractivity contribution in [2.45, 2.75) is 25.5 Å². The predicted molar refractivity (Wildman–Crippen MR) is 115 cm³/mol. The molecule has 154 valence electrons. The molecule has 2 aromatic carbocycles. The zero-order chi connectivity index (χ0) is 20.5. The summed E-state index contributed by atoms with van der Waals surface area (Å²) in [7, 11) is 0. The summed E-state index contributed by atoms with van der Waals surface area (Å²) in [5, 5.41) is 16.8. The van der Waals surface area contributed by atoms with Crippen molar-refractivity contribution in [3.63, 3.8) is 0 Å². The zero-order valence-corrected chi connectivity index (χ0v) is 18.0. The van der Waals surface area contributed by atoms with Gasteiger partial charge in [-0.3, -0.25) is 0 Å². The molecule has 1 heterocycles. The van der Waals surface area contributed by atoms with Gasteiger partial charge in [0.25, 0.3) is 0 Å². The van der Waals surface area contributed by atoms with Gasteiger partial charge in [-0.25, -0.2) is 0 Å². The summed E-state index contributed by atoms with van der Waals surface area (Å²) < 4.78 is 13.0. The lowest BCUT2D eigenvalue weighted by Crippen LogP contribution is -2.17. The molecule has 7 nitrogen and oxygen atoms in total. The fourth-order valence-electron chi connectivity index (χ4n) is 2.69. The van der Waals surface area contributed by atoms with Crippen molar-refractivity contribution in [1.29, 1.82) is 0 Å². The Morgan fingerprint density at radius 2 is 1.79 bits per heavy atom. The quantitative estimate of drug-likeness (QED) is 0.362. The van der Waals surface area contributed by atoms with Crippen molar-refractivity contribution in [3.8, 4) is 17.2 Å². The zero-order valence-electron chi connectivity index (χ0n) is 16.5. The van der Waals surface area contributed by atoms with Crippen molar-refractivity contribution in [1.82, 2.24) is 25.5 Å². The number of tetrazole rings is 1.